The van der Waals surface area contributed by atoms with Crippen molar-refractivity contribution in [2.75, 3.05) is 5.32 Å². The van der Waals surface area contributed by atoms with Gasteiger partial charge in [-0.3, -0.25) is 4.79 Å². The third kappa shape index (κ3) is 4.86. The highest BCUT2D eigenvalue weighted by Crippen LogP contribution is 2.17. The molecule has 0 radical (unpaired) electrons. The second kappa shape index (κ2) is 7.43. The SMILES string of the molecule is CCCCC(CC)C(=O)Nc1cc(Br)ccn1. The van der Waals surface area contributed by atoms with E-state index in [1.165, 1.54) is 0 Å². The zero-order valence-corrected chi connectivity index (χ0v) is 12.0. The fraction of sp³-hybridized carbons (Fsp3) is 0.538. The molecular formula is C13H19BrN2O. The summed E-state index contributed by atoms with van der Waals surface area (Å²) in [6.45, 7) is 4.19. The van der Waals surface area contributed by atoms with Crippen molar-refractivity contribution in [1.29, 1.82) is 0 Å². The summed E-state index contributed by atoms with van der Waals surface area (Å²) in [6.07, 6.45) is 5.72. The number of aromatic nitrogens is 1. The van der Waals surface area contributed by atoms with Gasteiger partial charge >= 0.3 is 0 Å². The zero-order valence-electron chi connectivity index (χ0n) is 10.4. The van der Waals surface area contributed by atoms with E-state index in [1.807, 2.05) is 19.1 Å². The standard InChI is InChI=1S/C13H19BrN2O/c1-3-5-6-10(4-2)13(17)16-12-9-11(14)7-8-15-12/h7-10H,3-6H2,1-2H3,(H,15,16,17). The summed E-state index contributed by atoms with van der Waals surface area (Å²) in [5.74, 6) is 0.779. The molecule has 0 aliphatic rings. The summed E-state index contributed by atoms with van der Waals surface area (Å²) in [4.78, 5) is 16.1. The Bertz CT molecular complexity index is 368. The van der Waals surface area contributed by atoms with Crippen molar-refractivity contribution in [2.45, 2.75) is 39.5 Å². The number of unbranched alkanes of at least 4 members (excludes halogenated alkanes) is 1. The molecule has 1 heterocycles. The van der Waals surface area contributed by atoms with Gasteiger partial charge in [-0.1, -0.05) is 42.6 Å². The number of amides is 1. The molecule has 1 unspecified atom stereocenters. The van der Waals surface area contributed by atoms with Crippen LogP contribution in [-0.4, -0.2) is 10.9 Å². The maximum Gasteiger partial charge on any atom is 0.228 e. The van der Waals surface area contributed by atoms with E-state index in [0.717, 1.165) is 30.2 Å². The van der Waals surface area contributed by atoms with Crippen LogP contribution in [0, 0.1) is 5.92 Å². The fourth-order valence-electron chi connectivity index (χ4n) is 1.67. The molecule has 0 aliphatic carbocycles. The van der Waals surface area contributed by atoms with E-state index in [4.69, 9.17) is 0 Å². The average molecular weight is 299 g/mol. The maximum absolute atomic E-state index is 12.0. The van der Waals surface area contributed by atoms with Crippen LogP contribution in [0.5, 0.6) is 0 Å². The Morgan fingerprint density at radius 2 is 2.29 bits per heavy atom. The van der Waals surface area contributed by atoms with Gasteiger partial charge in [-0.2, -0.15) is 0 Å². The molecule has 17 heavy (non-hydrogen) atoms. The van der Waals surface area contributed by atoms with Gasteiger partial charge in [0, 0.05) is 16.6 Å². The first-order valence-electron chi connectivity index (χ1n) is 6.09. The Balaban J connectivity index is 2.57. The highest BCUT2D eigenvalue weighted by atomic mass is 79.9. The summed E-state index contributed by atoms with van der Waals surface area (Å²) >= 11 is 3.36. The normalized spacial score (nSPS) is 12.2. The fourth-order valence-corrected chi connectivity index (χ4v) is 2.01. The van der Waals surface area contributed by atoms with Crippen LogP contribution >= 0.6 is 15.9 Å². The average Bonchev–Trinajstić information content (AvgIpc) is 2.30. The number of nitrogens with zero attached hydrogens (tertiary/aromatic N) is 1. The molecule has 1 rings (SSSR count). The summed E-state index contributed by atoms with van der Waals surface area (Å²) in [5, 5.41) is 2.86. The van der Waals surface area contributed by atoms with E-state index in [-0.39, 0.29) is 11.8 Å². The summed E-state index contributed by atoms with van der Waals surface area (Å²) in [6, 6.07) is 3.65. The van der Waals surface area contributed by atoms with Gasteiger partial charge in [0.25, 0.3) is 0 Å². The molecule has 3 nitrogen and oxygen atoms in total. The third-order valence-corrected chi connectivity index (χ3v) is 3.24. The lowest BCUT2D eigenvalue weighted by Crippen LogP contribution is -2.22. The molecule has 1 aromatic rings. The van der Waals surface area contributed by atoms with Crippen LogP contribution in [0.15, 0.2) is 22.8 Å². The number of nitrogens with one attached hydrogen (secondary N) is 1. The van der Waals surface area contributed by atoms with Crippen LogP contribution in [0.2, 0.25) is 0 Å². The van der Waals surface area contributed by atoms with Crippen LogP contribution < -0.4 is 5.32 Å². The first-order chi connectivity index (χ1) is 8.17. The highest BCUT2D eigenvalue weighted by Gasteiger charge is 2.16. The number of hydrogen-bond acceptors (Lipinski definition) is 2. The Hall–Kier alpha value is -0.900. The number of anilines is 1. The molecule has 0 saturated heterocycles. The van der Waals surface area contributed by atoms with Crippen molar-refractivity contribution in [1.82, 2.24) is 4.98 Å². The highest BCUT2D eigenvalue weighted by molar-refractivity contribution is 9.10. The second-order valence-corrected chi connectivity index (χ2v) is 5.01. The molecule has 0 aliphatic heterocycles. The summed E-state index contributed by atoms with van der Waals surface area (Å²) in [7, 11) is 0. The molecule has 0 saturated carbocycles. The molecule has 0 spiro atoms. The van der Waals surface area contributed by atoms with Crippen LogP contribution in [-0.2, 0) is 4.79 Å². The van der Waals surface area contributed by atoms with Gasteiger partial charge in [-0.15, -0.1) is 0 Å². The van der Waals surface area contributed by atoms with Crippen molar-refractivity contribution in [2.24, 2.45) is 5.92 Å². The van der Waals surface area contributed by atoms with Crippen molar-refractivity contribution in [3.63, 3.8) is 0 Å². The zero-order chi connectivity index (χ0) is 12.7. The lowest BCUT2D eigenvalue weighted by molar-refractivity contribution is -0.120. The summed E-state index contributed by atoms with van der Waals surface area (Å²) in [5.41, 5.74) is 0. The topological polar surface area (TPSA) is 42.0 Å². The molecular weight excluding hydrogens is 280 g/mol. The quantitative estimate of drug-likeness (QED) is 0.862. The first-order valence-corrected chi connectivity index (χ1v) is 6.89. The number of pyridine rings is 1. The number of rotatable bonds is 6. The van der Waals surface area contributed by atoms with Gasteiger partial charge < -0.3 is 5.32 Å². The minimum absolute atomic E-state index is 0.0755. The molecule has 0 bridgehead atoms. The predicted octanol–water partition coefficient (Wildman–Crippen LogP) is 4.00. The van der Waals surface area contributed by atoms with E-state index >= 15 is 0 Å². The first kappa shape index (κ1) is 14.2. The number of hydrogen-bond donors (Lipinski definition) is 1. The van der Waals surface area contributed by atoms with Crippen molar-refractivity contribution in [3.8, 4) is 0 Å². The monoisotopic (exact) mass is 298 g/mol. The second-order valence-electron chi connectivity index (χ2n) is 4.10. The van der Waals surface area contributed by atoms with Crippen molar-refractivity contribution < 1.29 is 4.79 Å². The largest absolute Gasteiger partial charge is 0.310 e. The van der Waals surface area contributed by atoms with E-state index in [1.54, 1.807) is 6.20 Å². The maximum atomic E-state index is 12.0. The van der Waals surface area contributed by atoms with Gasteiger partial charge in [0.2, 0.25) is 5.91 Å². The van der Waals surface area contributed by atoms with Gasteiger partial charge in [-0.05, 0) is 25.0 Å². The van der Waals surface area contributed by atoms with Gasteiger partial charge in [0.15, 0.2) is 0 Å². The van der Waals surface area contributed by atoms with Gasteiger partial charge in [-0.25, -0.2) is 4.98 Å². The lowest BCUT2D eigenvalue weighted by atomic mass is 9.98. The molecule has 1 aromatic heterocycles. The van der Waals surface area contributed by atoms with Gasteiger partial charge in [0.05, 0.1) is 0 Å². The molecule has 1 N–H and O–H groups in total. The molecule has 94 valence electrons. The van der Waals surface area contributed by atoms with Crippen LogP contribution in [0.25, 0.3) is 0 Å². The Kier molecular flexibility index (Phi) is 6.19. The van der Waals surface area contributed by atoms with E-state index in [0.29, 0.717) is 5.82 Å². The minimum atomic E-state index is 0.0755. The van der Waals surface area contributed by atoms with E-state index in [9.17, 15) is 4.79 Å². The van der Waals surface area contributed by atoms with Crippen molar-refractivity contribution in [3.05, 3.63) is 22.8 Å². The number of carbonyl (C=O) groups is 1. The minimum Gasteiger partial charge on any atom is -0.310 e. The Morgan fingerprint density at radius 3 is 2.88 bits per heavy atom. The van der Waals surface area contributed by atoms with E-state index < -0.39 is 0 Å². The van der Waals surface area contributed by atoms with Crippen LogP contribution in [0.3, 0.4) is 0 Å². The molecule has 0 aromatic carbocycles. The predicted molar refractivity (Wildman–Crippen MR) is 73.9 cm³/mol. The molecule has 0 fully saturated rings. The lowest BCUT2D eigenvalue weighted by Gasteiger charge is -2.14. The Morgan fingerprint density at radius 1 is 1.53 bits per heavy atom. The van der Waals surface area contributed by atoms with Crippen molar-refractivity contribution >= 4 is 27.7 Å². The number of halogens is 1. The number of carbonyl (C=O) groups excluding carboxylic acids is 1. The van der Waals surface area contributed by atoms with Crippen LogP contribution in [0.4, 0.5) is 5.82 Å². The molecule has 1 amide bonds. The van der Waals surface area contributed by atoms with E-state index in [2.05, 4.69) is 33.2 Å². The van der Waals surface area contributed by atoms with Gasteiger partial charge in [0.1, 0.15) is 5.82 Å². The Labute approximate surface area is 111 Å². The molecule has 1 atom stereocenters. The van der Waals surface area contributed by atoms with Crippen LogP contribution in [0.1, 0.15) is 39.5 Å². The molecule has 4 heteroatoms. The third-order valence-electron chi connectivity index (χ3n) is 2.74. The summed E-state index contributed by atoms with van der Waals surface area (Å²) < 4.78 is 0.921. The smallest absolute Gasteiger partial charge is 0.228 e.